The molecule has 2 aromatic heterocycles. The summed E-state index contributed by atoms with van der Waals surface area (Å²) in [5.41, 5.74) is 5.80. The molecule has 0 N–H and O–H groups in total. The predicted octanol–water partition coefficient (Wildman–Crippen LogP) is 5.71. The van der Waals surface area contributed by atoms with Crippen LogP contribution in [0.3, 0.4) is 0 Å². The second kappa shape index (κ2) is 6.72. The van der Waals surface area contributed by atoms with E-state index >= 15 is 0 Å². The van der Waals surface area contributed by atoms with Crippen molar-refractivity contribution in [3.8, 4) is 17.3 Å². The zero-order chi connectivity index (χ0) is 18.0. The van der Waals surface area contributed by atoms with Crippen LogP contribution in [0, 0.1) is 23.7 Å². The first-order valence-electron chi connectivity index (χ1n) is 8.84. The van der Waals surface area contributed by atoms with Gasteiger partial charge in [-0.25, -0.2) is 0 Å². The van der Waals surface area contributed by atoms with Crippen LogP contribution in [0.2, 0.25) is 0 Å². The first kappa shape index (κ1) is 17.2. The number of aryl methyl sites for hydroxylation is 2. The number of rotatable bonds is 4. The van der Waals surface area contributed by atoms with Crippen molar-refractivity contribution in [1.82, 2.24) is 9.55 Å². The van der Waals surface area contributed by atoms with Gasteiger partial charge in [0, 0.05) is 35.4 Å². The molecule has 0 atom stereocenters. The molecule has 1 aromatic carbocycles. The van der Waals surface area contributed by atoms with Crippen molar-refractivity contribution < 1.29 is 0 Å². The Morgan fingerprint density at radius 3 is 2.64 bits per heavy atom. The summed E-state index contributed by atoms with van der Waals surface area (Å²) in [7, 11) is 0. The van der Waals surface area contributed by atoms with Gasteiger partial charge in [0.05, 0.1) is 17.3 Å². The molecule has 25 heavy (non-hydrogen) atoms. The van der Waals surface area contributed by atoms with Gasteiger partial charge in [0.15, 0.2) is 0 Å². The molecule has 128 valence electrons. The van der Waals surface area contributed by atoms with Gasteiger partial charge in [-0.05, 0) is 61.1 Å². The number of hydrogen-bond acceptors (Lipinski definition) is 2. The van der Waals surface area contributed by atoms with Gasteiger partial charge in [0.25, 0.3) is 0 Å². The molecule has 0 spiro atoms. The van der Waals surface area contributed by atoms with E-state index in [0.29, 0.717) is 11.0 Å². The van der Waals surface area contributed by atoms with Crippen molar-refractivity contribution in [2.45, 2.75) is 47.1 Å². The minimum atomic E-state index is 0.334. The number of nitrogens with zero attached hydrogens (tertiary/aromatic N) is 3. The predicted molar refractivity (Wildman–Crippen MR) is 103 cm³/mol. The lowest BCUT2D eigenvalue weighted by Crippen LogP contribution is -2.08. The number of fused-ring (bicyclic) bond motifs is 1. The molecule has 0 unspecified atom stereocenters. The SMILES string of the molecule is Cc1c(-c2cccnc2)n(CCCC(C)(C)C)c2ccc(C#N)cc12. The van der Waals surface area contributed by atoms with Crippen molar-refractivity contribution in [2.75, 3.05) is 0 Å². The van der Waals surface area contributed by atoms with Crippen molar-refractivity contribution in [3.05, 3.63) is 53.9 Å². The highest BCUT2D eigenvalue weighted by atomic mass is 15.0. The van der Waals surface area contributed by atoms with Gasteiger partial charge in [-0.2, -0.15) is 5.26 Å². The minimum absolute atomic E-state index is 0.334. The maximum Gasteiger partial charge on any atom is 0.0991 e. The summed E-state index contributed by atoms with van der Waals surface area (Å²) < 4.78 is 2.40. The highest BCUT2D eigenvalue weighted by molar-refractivity contribution is 5.92. The Bertz CT molecular complexity index is 922. The van der Waals surface area contributed by atoms with Crippen LogP contribution in [0.5, 0.6) is 0 Å². The zero-order valence-corrected chi connectivity index (χ0v) is 15.5. The quantitative estimate of drug-likeness (QED) is 0.614. The summed E-state index contributed by atoms with van der Waals surface area (Å²) in [6, 6.07) is 12.3. The second-order valence-corrected chi connectivity index (χ2v) is 7.87. The molecule has 2 heterocycles. The topological polar surface area (TPSA) is 41.6 Å². The summed E-state index contributed by atoms with van der Waals surface area (Å²) in [6.45, 7) is 9.97. The van der Waals surface area contributed by atoms with E-state index in [9.17, 15) is 5.26 Å². The van der Waals surface area contributed by atoms with E-state index in [-0.39, 0.29) is 0 Å². The Kier molecular flexibility index (Phi) is 4.63. The van der Waals surface area contributed by atoms with Crippen molar-refractivity contribution >= 4 is 10.9 Å². The number of aromatic nitrogens is 2. The second-order valence-electron chi connectivity index (χ2n) is 7.87. The van der Waals surface area contributed by atoms with Crippen LogP contribution in [0.25, 0.3) is 22.2 Å². The molecule has 0 saturated carbocycles. The third-order valence-electron chi connectivity index (χ3n) is 4.69. The molecule has 3 heteroatoms. The van der Waals surface area contributed by atoms with E-state index in [0.717, 1.165) is 23.9 Å². The van der Waals surface area contributed by atoms with Crippen LogP contribution in [-0.2, 0) is 6.54 Å². The van der Waals surface area contributed by atoms with E-state index in [1.807, 2.05) is 24.4 Å². The fraction of sp³-hybridized carbons (Fsp3) is 0.364. The minimum Gasteiger partial charge on any atom is -0.340 e. The Balaban J connectivity index is 2.13. The first-order valence-corrected chi connectivity index (χ1v) is 8.84. The van der Waals surface area contributed by atoms with Crippen LogP contribution in [0.15, 0.2) is 42.7 Å². The fourth-order valence-corrected chi connectivity index (χ4v) is 3.47. The highest BCUT2D eigenvalue weighted by Gasteiger charge is 2.17. The maximum absolute atomic E-state index is 9.25. The van der Waals surface area contributed by atoms with Crippen LogP contribution in [0.1, 0.15) is 44.7 Å². The molecule has 0 amide bonds. The lowest BCUT2D eigenvalue weighted by atomic mass is 9.90. The van der Waals surface area contributed by atoms with Gasteiger partial charge < -0.3 is 4.57 Å². The van der Waals surface area contributed by atoms with E-state index in [2.05, 4.69) is 55.4 Å². The number of nitriles is 1. The van der Waals surface area contributed by atoms with Gasteiger partial charge in [0.1, 0.15) is 0 Å². The van der Waals surface area contributed by atoms with Gasteiger partial charge in [-0.1, -0.05) is 20.8 Å². The third kappa shape index (κ3) is 3.58. The number of pyridine rings is 1. The van der Waals surface area contributed by atoms with Crippen molar-refractivity contribution in [1.29, 1.82) is 5.26 Å². The summed E-state index contributed by atoms with van der Waals surface area (Å²) in [5, 5.41) is 10.4. The summed E-state index contributed by atoms with van der Waals surface area (Å²) in [6.07, 6.45) is 6.03. The lowest BCUT2D eigenvalue weighted by molar-refractivity contribution is 0.355. The van der Waals surface area contributed by atoms with E-state index in [1.165, 1.54) is 23.2 Å². The summed E-state index contributed by atoms with van der Waals surface area (Å²) in [4.78, 5) is 4.30. The molecular formula is C22H25N3. The van der Waals surface area contributed by atoms with Gasteiger partial charge in [0.2, 0.25) is 0 Å². The van der Waals surface area contributed by atoms with Gasteiger partial charge >= 0.3 is 0 Å². The van der Waals surface area contributed by atoms with Crippen molar-refractivity contribution in [2.24, 2.45) is 5.41 Å². The lowest BCUT2D eigenvalue weighted by Gasteiger charge is -2.19. The molecule has 0 fully saturated rings. The van der Waals surface area contributed by atoms with Crippen LogP contribution in [0.4, 0.5) is 0 Å². The Morgan fingerprint density at radius 1 is 1.20 bits per heavy atom. The highest BCUT2D eigenvalue weighted by Crippen LogP contribution is 2.34. The Hall–Kier alpha value is -2.60. The molecule has 0 aliphatic rings. The van der Waals surface area contributed by atoms with Gasteiger partial charge in [-0.15, -0.1) is 0 Å². The van der Waals surface area contributed by atoms with E-state index < -0.39 is 0 Å². The number of hydrogen-bond donors (Lipinski definition) is 0. The van der Waals surface area contributed by atoms with Crippen LogP contribution in [-0.4, -0.2) is 9.55 Å². The maximum atomic E-state index is 9.25. The standard InChI is InChI=1S/C22H25N3/c1-16-19-13-17(14-23)8-9-20(19)25(12-6-10-22(2,3)4)21(16)18-7-5-11-24-15-18/h5,7-9,11,13,15H,6,10,12H2,1-4H3. The largest absolute Gasteiger partial charge is 0.340 e. The molecule has 0 aliphatic carbocycles. The molecule has 0 aliphatic heterocycles. The first-order chi connectivity index (χ1) is 11.9. The average molecular weight is 331 g/mol. The molecule has 0 saturated heterocycles. The monoisotopic (exact) mass is 331 g/mol. The van der Waals surface area contributed by atoms with Crippen LogP contribution < -0.4 is 0 Å². The van der Waals surface area contributed by atoms with Crippen LogP contribution >= 0.6 is 0 Å². The molecule has 3 aromatic rings. The zero-order valence-electron chi connectivity index (χ0n) is 15.5. The van der Waals surface area contributed by atoms with E-state index in [4.69, 9.17) is 0 Å². The summed E-state index contributed by atoms with van der Waals surface area (Å²) in [5.74, 6) is 0. The molecule has 3 rings (SSSR count). The van der Waals surface area contributed by atoms with Gasteiger partial charge in [-0.3, -0.25) is 4.98 Å². The molecular weight excluding hydrogens is 306 g/mol. The molecule has 0 radical (unpaired) electrons. The molecule has 3 nitrogen and oxygen atoms in total. The smallest absolute Gasteiger partial charge is 0.0991 e. The Labute approximate surface area is 149 Å². The average Bonchev–Trinajstić information content (AvgIpc) is 2.86. The fourth-order valence-electron chi connectivity index (χ4n) is 3.47. The normalized spacial score (nSPS) is 11.6. The number of benzene rings is 1. The van der Waals surface area contributed by atoms with Crippen molar-refractivity contribution in [3.63, 3.8) is 0 Å². The Morgan fingerprint density at radius 2 is 2.00 bits per heavy atom. The van der Waals surface area contributed by atoms with E-state index in [1.54, 1.807) is 6.20 Å². The summed E-state index contributed by atoms with van der Waals surface area (Å²) >= 11 is 0. The molecule has 0 bridgehead atoms. The third-order valence-corrected chi connectivity index (χ3v) is 4.69.